The minimum atomic E-state index is -1.29. The topological polar surface area (TPSA) is 115 Å². The lowest BCUT2D eigenvalue weighted by Crippen LogP contribution is -2.50. The van der Waals surface area contributed by atoms with Gasteiger partial charge in [-0.15, -0.1) is 0 Å². The molecule has 0 saturated carbocycles. The number of ether oxygens (including phenoxy) is 4. The third-order valence-corrected chi connectivity index (χ3v) is 5.47. The molecule has 0 unspecified atom stereocenters. The molecule has 2 atom stereocenters. The van der Waals surface area contributed by atoms with Crippen molar-refractivity contribution < 1.29 is 38.4 Å². The minimum Gasteiger partial charge on any atom is -0.493 e. The van der Waals surface area contributed by atoms with E-state index in [9.17, 15) is 19.5 Å². The number of aliphatic hydroxyl groups excluding tert-OH is 1. The minimum absolute atomic E-state index is 0.0489. The lowest BCUT2D eigenvalue weighted by atomic mass is 10.1. The molecule has 174 valence electrons. The molecule has 0 aromatic heterocycles. The number of esters is 1. The summed E-state index contributed by atoms with van der Waals surface area (Å²) >= 11 is 0. The second kappa shape index (κ2) is 10.4. The molecule has 32 heavy (non-hydrogen) atoms. The van der Waals surface area contributed by atoms with Gasteiger partial charge in [0.25, 0.3) is 5.91 Å². The van der Waals surface area contributed by atoms with Gasteiger partial charge in [-0.1, -0.05) is 12.7 Å². The van der Waals surface area contributed by atoms with Crippen molar-refractivity contribution in [3.8, 4) is 11.5 Å². The van der Waals surface area contributed by atoms with Crippen LogP contribution in [0.15, 0.2) is 24.8 Å². The molecule has 0 bridgehead atoms. The lowest BCUT2D eigenvalue weighted by Gasteiger charge is -2.31. The maximum absolute atomic E-state index is 13.3. The van der Waals surface area contributed by atoms with Crippen LogP contribution >= 0.6 is 0 Å². The van der Waals surface area contributed by atoms with E-state index in [1.807, 2.05) is 0 Å². The van der Waals surface area contributed by atoms with Gasteiger partial charge >= 0.3 is 12.1 Å². The molecule has 0 spiro atoms. The normalized spacial score (nSPS) is 19.5. The number of hydrogen-bond acceptors (Lipinski definition) is 8. The first-order chi connectivity index (χ1) is 15.4. The van der Waals surface area contributed by atoms with Crippen LogP contribution < -0.4 is 14.4 Å². The molecule has 2 amide bonds. The Hall–Kier alpha value is -3.27. The molecule has 1 aromatic carbocycles. The summed E-state index contributed by atoms with van der Waals surface area (Å²) in [5.74, 6) is -0.106. The highest BCUT2D eigenvalue weighted by Gasteiger charge is 2.45. The van der Waals surface area contributed by atoms with Crippen LogP contribution in [-0.4, -0.2) is 74.2 Å². The summed E-state index contributed by atoms with van der Waals surface area (Å²) in [6.45, 7) is 4.14. The third-order valence-electron chi connectivity index (χ3n) is 5.47. The number of amides is 2. The fourth-order valence-corrected chi connectivity index (χ4v) is 3.92. The molecular formula is C22H28N2O8. The highest BCUT2D eigenvalue weighted by molar-refractivity contribution is 6.06. The molecule has 2 aliphatic heterocycles. The van der Waals surface area contributed by atoms with Crippen molar-refractivity contribution in [2.75, 3.05) is 38.9 Å². The van der Waals surface area contributed by atoms with Gasteiger partial charge in [0.05, 0.1) is 38.1 Å². The Morgan fingerprint density at radius 2 is 2.06 bits per heavy atom. The number of methoxy groups -OCH3 is 2. The molecule has 1 N–H and O–H groups in total. The quantitative estimate of drug-likeness (QED) is 0.365. The van der Waals surface area contributed by atoms with Crippen molar-refractivity contribution in [3.63, 3.8) is 0 Å². The Balaban J connectivity index is 1.98. The van der Waals surface area contributed by atoms with Gasteiger partial charge in [0, 0.05) is 19.0 Å². The summed E-state index contributed by atoms with van der Waals surface area (Å²) < 4.78 is 21.0. The van der Waals surface area contributed by atoms with Crippen LogP contribution in [0.1, 0.15) is 36.0 Å². The second-order valence-electron chi connectivity index (χ2n) is 7.41. The van der Waals surface area contributed by atoms with E-state index >= 15 is 0 Å². The van der Waals surface area contributed by atoms with Crippen molar-refractivity contribution in [1.29, 1.82) is 0 Å². The Bertz CT molecular complexity index is 887. The molecule has 2 aliphatic rings. The number of rotatable bonds is 8. The first-order valence-electron chi connectivity index (χ1n) is 10.4. The number of fused-ring (bicyclic) bond motifs is 2. The Kier molecular flexibility index (Phi) is 7.57. The zero-order chi connectivity index (χ0) is 23.3. The van der Waals surface area contributed by atoms with E-state index in [2.05, 4.69) is 11.3 Å². The van der Waals surface area contributed by atoms with Gasteiger partial charge in [-0.2, -0.15) is 0 Å². The van der Waals surface area contributed by atoms with E-state index in [-0.39, 0.29) is 48.5 Å². The average Bonchev–Trinajstić information content (AvgIpc) is 3.27. The van der Waals surface area contributed by atoms with Gasteiger partial charge in [0.2, 0.25) is 0 Å². The number of anilines is 1. The van der Waals surface area contributed by atoms with Crippen LogP contribution in [0.4, 0.5) is 10.5 Å². The van der Waals surface area contributed by atoms with Crippen LogP contribution in [0.2, 0.25) is 0 Å². The number of benzene rings is 1. The second-order valence-corrected chi connectivity index (χ2v) is 7.41. The van der Waals surface area contributed by atoms with Crippen molar-refractivity contribution in [2.24, 2.45) is 0 Å². The summed E-state index contributed by atoms with van der Waals surface area (Å²) in [6, 6.07) is 2.42. The van der Waals surface area contributed by atoms with Gasteiger partial charge in [-0.3, -0.25) is 9.59 Å². The van der Waals surface area contributed by atoms with Crippen molar-refractivity contribution >= 4 is 23.7 Å². The van der Waals surface area contributed by atoms with E-state index in [4.69, 9.17) is 14.2 Å². The van der Waals surface area contributed by atoms with E-state index in [1.54, 1.807) is 4.90 Å². The van der Waals surface area contributed by atoms with Crippen LogP contribution in [-0.2, 0) is 14.3 Å². The lowest BCUT2D eigenvalue weighted by molar-refractivity contribution is -0.140. The first kappa shape index (κ1) is 23.4. The van der Waals surface area contributed by atoms with Gasteiger partial charge in [-0.05, 0) is 25.3 Å². The molecule has 0 radical (unpaired) electrons. The van der Waals surface area contributed by atoms with Crippen LogP contribution in [0, 0.1) is 0 Å². The predicted molar refractivity (Wildman–Crippen MR) is 114 cm³/mol. The van der Waals surface area contributed by atoms with E-state index < -0.39 is 18.4 Å². The fraction of sp³-hybridized carbons (Fsp3) is 0.500. The van der Waals surface area contributed by atoms with Gasteiger partial charge < -0.3 is 29.0 Å². The summed E-state index contributed by atoms with van der Waals surface area (Å²) in [5, 5.41) is 11.1. The van der Waals surface area contributed by atoms with Crippen molar-refractivity contribution in [3.05, 3.63) is 30.4 Å². The van der Waals surface area contributed by atoms with Crippen LogP contribution in [0.3, 0.4) is 0 Å². The fourth-order valence-electron chi connectivity index (χ4n) is 3.92. The zero-order valence-electron chi connectivity index (χ0n) is 18.2. The van der Waals surface area contributed by atoms with E-state index in [1.165, 1.54) is 32.4 Å². The Morgan fingerprint density at radius 3 is 2.75 bits per heavy atom. The van der Waals surface area contributed by atoms with E-state index in [0.29, 0.717) is 25.1 Å². The van der Waals surface area contributed by atoms with Gasteiger partial charge in [0.15, 0.2) is 17.7 Å². The number of nitrogens with zero attached hydrogens (tertiary/aromatic N) is 2. The number of carbonyl (C=O) groups excluding carboxylic acids is 3. The standard InChI is InChI=1S/C22H28N2O8/c1-4-10-32-22(28)24-16-13-18(31-11-6-8-19(25)30-3)17(29-2)12-14(16)20(26)23-9-5-7-15(23)21(24)27/h4,12-13,15,21,27H,1,5-11H2,2-3H3/t15-,21-/m0/s1. The largest absolute Gasteiger partial charge is 0.493 e. The van der Waals surface area contributed by atoms with Crippen LogP contribution in [0.5, 0.6) is 11.5 Å². The van der Waals surface area contributed by atoms with Crippen LogP contribution in [0.25, 0.3) is 0 Å². The third kappa shape index (κ3) is 4.64. The molecule has 1 aromatic rings. The summed E-state index contributed by atoms with van der Waals surface area (Å²) in [4.78, 5) is 40.1. The number of aliphatic hydroxyl groups is 1. The monoisotopic (exact) mass is 448 g/mol. The molecular weight excluding hydrogens is 420 g/mol. The van der Waals surface area contributed by atoms with Gasteiger partial charge in [-0.25, -0.2) is 9.69 Å². The molecule has 1 saturated heterocycles. The summed E-state index contributed by atoms with van der Waals surface area (Å²) in [7, 11) is 2.75. The molecule has 10 heteroatoms. The molecule has 3 rings (SSSR count). The molecule has 10 nitrogen and oxygen atoms in total. The van der Waals surface area contributed by atoms with Gasteiger partial charge in [0.1, 0.15) is 6.61 Å². The maximum atomic E-state index is 13.3. The van der Waals surface area contributed by atoms with Crippen molar-refractivity contribution in [2.45, 2.75) is 38.0 Å². The smallest absolute Gasteiger partial charge is 0.416 e. The molecule has 0 aliphatic carbocycles. The number of hydrogen-bond donors (Lipinski definition) is 1. The summed E-state index contributed by atoms with van der Waals surface area (Å²) in [5.41, 5.74) is 0.359. The first-order valence-corrected chi connectivity index (χ1v) is 10.4. The summed E-state index contributed by atoms with van der Waals surface area (Å²) in [6.07, 6.45) is 1.17. The van der Waals surface area contributed by atoms with E-state index in [0.717, 1.165) is 11.3 Å². The molecule has 1 fully saturated rings. The predicted octanol–water partition coefficient (Wildman–Crippen LogP) is 2.09. The zero-order valence-corrected chi connectivity index (χ0v) is 18.2. The number of carbonyl (C=O) groups is 3. The molecule has 2 heterocycles. The highest BCUT2D eigenvalue weighted by atomic mass is 16.6. The Morgan fingerprint density at radius 1 is 1.28 bits per heavy atom. The average molecular weight is 448 g/mol. The Labute approximate surface area is 186 Å². The highest BCUT2D eigenvalue weighted by Crippen LogP contribution is 2.41. The maximum Gasteiger partial charge on any atom is 0.416 e. The SMILES string of the molecule is C=CCOC(=O)N1c2cc(OCCCC(=O)OC)c(OC)cc2C(=O)N2CCC[C@H]2[C@@H]1O. The van der Waals surface area contributed by atoms with Crippen molar-refractivity contribution in [1.82, 2.24) is 4.90 Å².